The molecular formula is C10H8FNO2. The molecule has 0 radical (unpaired) electrons. The van der Waals surface area contributed by atoms with Crippen LogP contribution in [0.1, 0.15) is 0 Å². The first kappa shape index (κ1) is 10.1. The number of carboxylic acids is 1. The molecule has 0 unspecified atom stereocenters. The van der Waals surface area contributed by atoms with Gasteiger partial charge in [-0.05, 0) is 24.3 Å². The maximum absolute atomic E-state index is 12.4. The molecule has 0 aliphatic carbocycles. The van der Waals surface area contributed by atoms with Gasteiger partial charge >= 0.3 is 5.97 Å². The van der Waals surface area contributed by atoms with Crippen LogP contribution in [0, 0.1) is 17.7 Å². The van der Waals surface area contributed by atoms with Crippen molar-refractivity contribution in [3.63, 3.8) is 0 Å². The van der Waals surface area contributed by atoms with Crippen molar-refractivity contribution in [1.82, 2.24) is 0 Å². The summed E-state index contributed by atoms with van der Waals surface area (Å²) in [6.07, 6.45) is 0. The maximum atomic E-state index is 12.4. The van der Waals surface area contributed by atoms with Gasteiger partial charge in [0.25, 0.3) is 0 Å². The molecule has 0 saturated heterocycles. The lowest BCUT2D eigenvalue weighted by Crippen LogP contribution is -1.99. The fraction of sp³-hybridized carbons (Fsp3) is 0.100. The van der Waals surface area contributed by atoms with Crippen LogP contribution in [0.5, 0.6) is 0 Å². The Kier molecular flexibility index (Phi) is 3.50. The Hall–Kier alpha value is -2.02. The minimum Gasteiger partial charge on any atom is -0.472 e. The van der Waals surface area contributed by atoms with E-state index in [1.807, 2.05) is 5.92 Å². The highest BCUT2D eigenvalue weighted by atomic mass is 19.1. The van der Waals surface area contributed by atoms with Crippen molar-refractivity contribution in [2.45, 2.75) is 0 Å². The zero-order valence-corrected chi connectivity index (χ0v) is 7.25. The Morgan fingerprint density at radius 2 is 2.07 bits per heavy atom. The van der Waals surface area contributed by atoms with Crippen molar-refractivity contribution in [2.24, 2.45) is 0 Å². The van der Waals surface area contributed by atoms with Crippen molar-refractivity contribution >= 4 is 11.7 Å². The first-order chi connectivity index (χ1) is 6.68. The Bertz CT molecular complexity index is 375. The third-order valence-corrected chi connectivity index (χ3v) is 1.42. The van der Waals surface area contributed by atoms with E-state index in [1.54, 1.807) is 12.1 Å². The van der Waals surface area contributed by atoms with Gasteiger partial charge < -0.3 is 10.4 Å². The molecule has 0 bridgehead atoms. The van der Waals surface area contributed by atoms with Gasteiger partial charge in [-0.25, -0.2) is 9.18 Å². The number of anilines is 1. The first-order valence-corrected chi connectivity index (χ1v) is 3.90. The number of aliphatic carboxylic acids is 1. The number of benzene rings is 1. The van der Waals surface area contributed by atoms with Crippen molar-refractivity contribution in [1.29, 1.82) is 0 Å². The molecule has 2 N–H and O–H groups in total. The molecule has 0 fully saturated rings. The molecule has 0 spiro atoms. The number of hydrogen-bond acceptors (Lipinski definition) is 2. The average Bonchev–Trinajstić information content (AvgIpc) is 2.15. The summed E-state index contributed by atoms with van der Waals surface area (Å²) < 4.78 is 12.4. The molecule has 0 heterocycles. The molecule has 4 heteroatoms. The van der Waals surface area contributed by atoms with E-state index in [4.69, 9.17) is 5.11 Å². The summed E-state index contributed by atoms with van der Waals surface area (Å²) in [4.78, 5) is 10.0. The Balaban J connectivity index is 2.44. The molecule has 0 atom stereocenters. The maximum Gasteiger partial charge on any atom is 0.381 e. The van der Waals surface area contributed by atoms with E-state index in [-0.39, 0.29) is 12.4 Å². The van der Waals surface area contributed by atoms with Crippen LogP contribution < -0.4 is 5.32 Å². The van der Waals surface area contributed by atoms with Crippen LogP contribution in [0.2, 0.25) is 0 Å². The van der Waals surface area contributed by atoms with Crippen molar-refractivity contribution < 1.29 is 14.3 Å². The van der Waals surface area contributed by atoms with Gasteiger partial charge in [-0.2, -0.15) is 0 Å². The molecule has 72 valence electrons. The highest BCUT2D eigenvalue weighted by molar-refractivity contribution is 5.86. The normalized spacial score (nSPS) is 8.64. The molecule has 0 saturated carbocycles. The summed E-state index contributed by atoms with van der Waals surface area (Å²) >= 11 is 0. The fourth-order valence-corrected chi connectivity index (χ4v) is 0.834. The largest absolute Gasteiger partial charge is 0.472 e. The van der Waals surface area contributed by atoms with E-state index >= 15 is 0 Å². The molecule has 1 aromatic carbocycles. The topological polar surface area (TPSA) is 49.3 Å². The van der Waals surface area contributed by atoms with Crippen LogP contribution >= 0.6 is 0 Å². The molecule has 3 nitrogen and oxygen atoms in total. The van der Waals surface area contributed by atoms with Crippen molar-refractivity contribution in [2.75, 3.05) is 11.9 Å². The zero-order valence-electron chi connectivity index (χ0n) is 7.25. The number of carbonyl (C=O) groups is 1. The van der Waals surface area contributed by atoms with Crippen LogP contribution in [0.25, 0.3) is 0 Å². The highest BCUT2D eigenvalue weighted by Gasteiger charge is 1.90. The van der Waals surface area contributed by atoms with Crippen LogP contribution in [0.4, 0.5) is 10.1 Å². The Morgan fingerprint density at radius 3 is 2.64 bits per heavy atom. The predicted octanol–water partition coefficient (Wildman–Crippen LogP) is 1.33. The monoisotopic (exact) mass is 193 g/mol. The van der Waals surface area contributed by atoms with E-state index in [2.05, 4.69) is 11.2 Å². The van der Waals surface area contributed by atoms with E-state index in [1.165, 1.54) is 12.1 Å². The molecule has 0 aliphatic rings. The smallest absolute Gasteiger partial charge is 0.381 e. The molecule has 0 aliphatic heterocycles. The molecule has 0 amide bonds. The van der Waals surface area contributed by atoms with Gasteiger partial charge in [0.2, 0.25) is 0 Å². The zero-order chi connectivity index (χ0) is 10.4. The quantitative estimate of drug-likeness (QED) is 0.696. The van der Waals surface area contributed by atoms with E-state index in [0.29, 0.717) is 5.69 Å². The van der Waals surface area contributed by atoms with Crippen molar-refractivity contribution in [3.05, 3.63) is 30.1 Å². The number of nitrogens with one attached hydrogen (secondary N) is 1. The molecule has 14 heavy (non-hydrogen) atoms. The summed E-state index contributed by atoms with van der Waals surface area (Å²) in [5.41, 5.74) is 0.700. The lowest BCUT2D eigenvalue weighted by atomic mass is 10.3. The lowest BCUT2D eigenvalue weighted by Gasteiger charge is -2.00. The highest BCUT2D eigenvalue weighted by Crippen LogP contribution is 2.06. The summed E-state index contributed by atoms with van der Waals surface area (Å²) in [5.74, 6) is 2.88. The molecule has 1 aromatic rings. The van der Waals surface area contributed by atoms with Crippen molar-refractivity contribution in [3.8, 4) is 11.8 Å². The fourth-order valence-electron chi connectivity index (χ4n) is 0.834. The van der Waals surface area contributed by atoms with Gasteiger partial charge in [0.05, 0.1) is 6.54 Å². The Labute approximate surface area is 80.6 Å². The second kappa shape index (κ2) is 4.87. The lowest BCUT2D eigenvalue weighted by molar-refractivity contribution is -0.130. The van der Waals surface area contributed by atoms with E-state index < -0.39 is 5.97 Å². The average molecular weight is 193 g/mol. The number of hydrogen-bond donors (Lipinski definition) is 2. The molecule has 0 aromatic heterocycles. The van der Waals surface area contributed by atoms with Gasteiger partial charge in [0.1, 0.15) is 5.82 Å². The predicted molar refractivity (Wildman–Crippen MR) is 50.3 cm³/mol. The molecule has 1 rings (SSSR count). The van der Waals surface area contributed by atoms with Gasteiger partial charge in [-0.15, -0.1) is 0 Å². The minimum absolute atomic E-state index is 0.220. The van der Waals surface area contributed by atoms with Crippen LogP contribution in [0.15, 0.2) is 24.3 Å². The third kappa shape index (κ3) is 3.59. The Morgan fingerprint density at radius 1 is 1.43 bits per heavy atom. The van der Waals surface area contributed by atoms with Gasteiger partial charge in [-0.3, -0.25) is 0 Å². The summed E-state index contributed by atoms with van der Waals surface area (Å²) in [5, 5.41) is 11.0. The van der Waals surface area contributed by atoms with Crippen LogP contribution in [-0.4, -0.2) is 17.6 Å². The summed E-state index contributed by atoms with van der Waals surface area (Å²) in [6, 6.07) is 5.73. The second-order valence-corrected chi connectivity index (χ2v) is 2.47. The summed E-state index contributed by atoms with van der Waals surface area (Å²) in [6.45, 7) is 0.220. The second-order valence-electron chi connectivity index (χ2n) is 2.47. The minimum atomic E-state index is -1.16. The van der Waals surface area contributed by atoms with Crippen LogP contribution in [0.3, 0.4) is 0 Å². The summed E-state index contributed by atoms with van der Waals surface area (Å²) in [7, 11) is 0. The van der Waals surface area contributed by atoms with E-state index in [0.717, 1.165) is 0 Å². The molecular weight excluding hydrogens is 185 g/mol. The number of carboxylic acid groups (broad SMARTS) is 1. The van der Waals surface area contributed by atoms with Gasteiger partial charge in [0.15, 0.2) is 0 Å². The first-order valence-electron chi connectivity index (χ1n) is 3.90. The van der Waals surface area contributed by atoms with E-state index in [9.17, 15) is 9.18 Å². The van der Waals surface area contributed by atoms with Gasteiger partial charge in [-0.1, -0.05) is 5.92 Å². The number of rotatable bonds is 2. The third-order valence-electron chi connectivity index (χ3n) is 1.42. The SMILES string of the molecule is O=C(O)C#CCNc1ccc(F)cc1. The van der Waals surface area contributed by atoms with Gasteiger partial charge in [0, 0.05) is 11.6 Å². The standard InChI is InChI=1S/C10H8FNO2/c11-8-3-5-9(6-4-8)12-7-1-2-10(13)14/h3-6,12H,7H2,(H,13,14). The van der Waals surface area contributed by atoms with Crippen LogP contribution in [-0.2, 0) is 4.79 Å². The number of halogens is 1.